The first kappa shape index (κ1) is 24.2. The summed E-state index contributed by atoms with van der Waals surface area (Å²) in [4.78, 5) is 23.3. The van der Waals surface area contributed by atoms with Crippen LogP contribution in [0, 0.1) is 0 Å². The molecule has 0 atom stereocenters. The first-order chi connectivity index (χ1) is 15.4. The van der Waals surface area contributed by atoms with Gasteiger partial charge in [0.1, 0.15) is 11.5 Å². The number of hydrogen-bond acceptors (Lipinski definition) is 6. The van der Waals surface area contributed by atoms with Crippen molar-refractivity contribution in [3.05, 3.63) is 45.9 Å². The largest absolute Gasteiger partial charge is 0.508 e. The average molecular weight is 481 g/mol. The van der Waals surface area contributed by atoms with Crippen LogP contribution in [0.2, 0.25) is 10.0 Å². The molecular formula is C23H26Cl2N2O5. The molecule has 1 amide bonds. The Morgan fingerprint density at radius 3 is 2.44 bits per heavy atom. The Hall–Kier alpha value is -2.48. The molecule has 0 radical (unpaired) electrons. The molecule has 1 aliphatic carbocycles. The van der Waals surface area contributed by atoms with E-state index in [9.17, 15) is 14.7 Å². The third-order valence-corrected chi connectivity index (χ3v) is 5.74. The first-order valence-electron chi connectivity index (χ1n) is 10.6. The summed E-state index contributed by atoms with van der Waals surface area (Å²) in [5.74, 6) is -1.11. The lowest BCUT2D eigenvalue weighted by molar-refractivity contribution is -0.152. The summed E-state index contributed by atoms with van der Waals surface area (Å²) in [6, 6.07) is 8.20. The summed E-state index contributed by atoms with van der Waals surface area (Å²) in [6.07, 6.45) is 6.00. The maximum Gasteiger partial charge on any atom is 0.397 e. The van der Waals surface area contributed by atoms with Crippen molar-refractivity contribution >= 4 is 40.8 Å². The molecule has 1 aliphatic rings. The van der Waals surface area contributed by atoms with E-state index in [1.54, 1.807) is 25.1 Å². The highest BCUT2D eigenvalue weighted by atomic mass is 35.5. The predicted octanol–water partition coefficient (Wildman–Crippen LogP) is 5.42. The highest BCUT2D eigenvalue weighted by Gasteiger charge is 2.18. The van der Waals surface area contributed by atoms with Gasteiger partial charge in [0.05, 0.1) is 16.7 Å². The van der Waals surface area contributed by atoms with Crippen LogP contribution in [0.4, 0.5) is 5.69 Å². The molecule has 0 heterocycles. The smallest absolute Gasteiger partial charge is 0.397 e. The second kappa shape index (κ2) is 11.4. The van der Waals surface area contributed by atoms with Crippen LogP contribution < -0.4 is 15.4 Å². The predicted molar refractivity (Wildman–Crippen MR) is 124 cm³/mol. The minimum Gasteiger partial charge on any atom is -0.508 e. The van der Waals surface area contributed by atoms with E-state index in [4.69, 9.17) is 27.9 Å². The highest BCUT2D eigenvalue weighted by molar-refractivity contribution is 6.39. The number of phenols is 1. The van der Waals surface area contributed by atoms with Crippen molar-refractivity contribution in [2.45, 2.75) is 51.6 Å². The van der Waals surface area contributed by atoms with Crippen molar-refractivity contribution < 1.29 is 24.2 Å². The number of amides is 1. The van der Waals surface area contributed by atoms with Gasteiger partial charge in [-0.2, -0.15) is 0 Å². The molecule has 32 heavy (non-hydrogen) atoms. The Balaban J connectivity index is 1.69. The molecule has 1 fully saturated rings. The Kier molecular flexibility index (Phi) is 8.61. The summed E-state index contributed by atoms with van der Waals surface area (Å²) >= 11 is 12.6. The lowest BCUT2D eigenvalue weighted by Crippen LogP contribution is -2.30. The molecule has 0 aromatic heterocycles. The van der Waals surface area contributed by atoms with E-state index >= 15 is 0 Å². The molecule has 3 N–H and O–H groups in total. The quantitative estimate of drug-likeness (QED) is 0.361. The molecule has 3 rings (SSSR count). The minimum atomic E-state index is -1.00. The Labute approximate surface area is 197 Å². The second-order valence-corrected chi connectivity index (χ2v) is 8.37. The fourth-order valence-corrected chi connectivity index (χ4v) is 4.12. The van der Waals surface area contributed by atoms with Gasteiger partial charge in [0.25, 0.3) is 0 Å². The number of carbonyl (C=O) groups excluding carboxylic acids is 2. The molecule has 2 aromatic rings. The van der Waals surface area contributed by atoms with Gasteiger partial charge in [-0.15, -0.1) is 0 Å². The number of aromatic hydroxyl groups is 1. The number of phenolic OH excluding ortho intramolecular Hbond substituents is 1. The molecule has 1 saturated carbocycles. The zero-order valence-electron chi connectivity index (χ0n) is 17.7. The summed E-state index contributed by atoms with van der Waals surface area (Å²) in [5, 5.41) is 16.4. The van der Waals surface area contributed by atoms with Gasteiger partial charge in [0.2, 0.25) is 0 Å². The van der Waals surface area contributed by atoms with E-state index < -0.39 is 11.9 Å². The van der Waals surface area contributed by atoms with E-state index in [2.05, 4.69) is 15.4 Å². The van der Waals surface area contributed by atoms with Crippen LogP contribution in [-0.4, -0.2) is 29.6 Å². The summed E-state index contributed by atoms with van der Waals surface area (Å²) in [5.41, 5.74) is 0.937. The number of carbonyl (C=O) groups is 2. The van der Waals surface area contributed by atoms with Gasteiger partial charge in [-0.25, -0.2) is 4.79 Å². The molecule has 9 heteroatoms. The Morgan fingerprint density at radius 1 is 1.09 bits per heavy atom. The molecule has 2 aromatic carbocycles. The number of anilines is 1. The molecular weight excluding hydrogens is 455 g/mol. The van der Waals surface area contributed by atoms with Crippen LogP contribution in [0.25, 0.3) is 0 Å². The van der Waals surface area contributed by atoms with Gasteiger partial charge >= 0.3 is 11.9 Å². The average Bonchev–Trinajstić information content (AvgIpc) is 2.77. The number of esters is 1. The fourth-order valence-electron chi connectivity index (χ4n) is 3.55. The molecule has 7 nitrogen and oxygen atoms in total. The molecule has 0 bridgehead atoms. The Bertz CT molecular complexity index is 954. The van der Waals surface area contributed by atoms with Crippen molar-refractivity contribution in [3.63, 3.8) is 0 Å². The maximum absolute atomic E-state index is 11.8. The van der Waals surface area contributed by atoms with E-state index in [0.717, 1.165) is 12.8 Å². The van der Waals surface area contributed by atoms with Crippen molar-refractivity contribution in [1.82, 2.24) is 5.32 Å². The van der Waals surface area contributed by atoms with Crippen LogP contribution in [0.5, 0.6) is 17.2 Å². The van der Waals surface area contributed by atoms with E-state index in [1.807, 2.05) is 0 Å². The third kappa shape index (κ3) is 6.51. The van der Waals surface area contributed by atoms with Gasteiger partial charge in [-0.1, -0.05) is 42.5 Å². The van der Waals surface area contributed by atoms with Gasteiger partial charge in [-0.3, -0.25) is 4.79 Å². The molecule has 0 aliphatic heterocycles. The second-order valence-electron chi connectivity index (χ2n) is 7.55. The monoisotopic (exact) mass is 480 g/mol. The lowest BCUT2D eigenvalue weighted by atomic mass is 9.95. The number of rotatable bonds is 7. The summed E-state index contributed by atoms with van der Waals surface area (Å²) in [6.45, 7) is 2.21. The lowest BCUT2D eigenvalue weighted by Gasteiger charge is -2.23. The van der Waals surface area contributed by atoms with Crippen LogP contribution in [0.15, 0.2) is 30.3 Å². The standard InChI is InChI=1S/C23H26Cl2N2O5/c1-2-31-23(30)22(29)27-16-11-18(24)21(19(25)12-16)32-17-8-9-20(28)14(10-17)13-26-15-6-4-3-5-7-15/h8-12,15,26,28H,2-7,13H2,1H3,(H,27,29). The fraction of sp³-hybridized carbons (Fsp3) is 0.391. The van der Waals surface area contributed by atoms with Crippen molar-refractivity contribution in [2.75, 3.05) is 11.9 Å². The third-order valence-electron chi connectivity index (χ3n) is 5.17. The number of hydrogen-bond donors (Lipinski definition) is 3. The zero-order valence-corrected chi connectivity index (χ0v) is 19.3. The number of ether oxygens (including phenoxy) is 2. The SMILES string of the molecule is CCOC(=O)C(=O)Nc1cc(Cl)c(Oc2ccc(O)c(CNC3CCCCC3)c2)c(Cl)c1. The molecule has 0 saturated heterocycles. The van der Waals surface area contributed by atoms with Crippen LogP contribution >= 0.6 is 23.2 Å². The van der Waals surface area contributed by atoms with Gasteiger partial charge in [0.15, 0.2) is 5.75 Å². The summed E-state index contributed by atoms with van der Waals surface area (Å²) in [7, 11) is 0. The maximum atomic E-state index is 11.8. The minimum absolute atomic E-state index is 0.0886. The number of halogens is 2. The van der Waals surface area contributed by atoms with Crippen LogP contribution in [0.3, 0.4) is 0 Å². The van der Waals surface area contributed by atoms with E-state index in [0.29, 0.717) is 23.9 Å². The van der Waals surface area contributed by atoms with Crippen molar-refractivity contribution in [1.29, 1.82) is 0 Å². The number of nitrogens with one attached hydrogen (secondary N) is 2. The molecule has 0 spiro atoms. The Morgan fingerprint density at radius 2 is 1.78 bits per heavy atom. The molecule has 172 valence electrons. The van der Waals surface area contributed by atoms with Gasteiger partial charge < -0.3 is 25.2 Å². The van der Waals surface area contributed by atoms with Gasteiger partial charge in [-0.05, 0) is 50.1 Å². The summed E-state index contributed by atoms with van der Waals surface area (Å²) < 4.78 is 10.5. The zero-order chi connectivity index (χ0) is 23.1. The van der Waals surface area contributed by atoms with Crippen LogP contribution in [0.1, 0.15) is 44.6 Å². The normalized spacial score (nSPS) is 14.1. The van der Waals surface area contributed by atoms with Crippen LogP contribution in [-0.2, 0) is 20.9 Å². The van der Waals surface area contributed by atoms with Crippen molar-refractivity contribution in [3.8, 4) is 17.2 Å². The first-order valence-corrected chi connectivity index (χ1v) is 11.3. The van der Waals surface area contributed by atoms with E-state index in [-0.39, 0.29) is 33.8 Å². The van der Waals surface area contributed by atoms with E-state index in [1.165, 1.54) is 31.4 Å². The van der Waals surface area contributed by atoms with Gasteiger partial charge in [0, 0.05) is 23.8 Å². The van der Waals surface area contributed by atoms with Crippen molar-refractivity contribution in [2.24, 2.45) is 0 Å². The highest BCUT2D eigenvalue weighted by Crippen LogP contribution is 2.39. The molecule has 0 unspecified atom stereocenters. The number of benzene rings is 2. The topological polar surface area (TPSA) is 96.9 Å².